The van der Waals surface area contributed by atoms with Crippen LogP contribution < -0.4 is 9.64 Å². The fraction of sp³-hybridized carbons (Fsp3) is 0.433. The molecule has 1 saturated carbocycles. The molecule has 1 N–H and O–H groups in total. The number of aromatic carboxylic acids is 1. The monoisotopic (exact) mass is 599 g/mol. The number of carboxylic acids is 1. The van der Waals surface area contributed by atoms with E-state index in [0.717, 1.165) is 59.4 Å². The van der Waals surface area contributed by atoms with Crippen LogP contribution in [0.2, 0.25) is 0 Å². The first kappa shape index (κ1) is 27.2. The van der Waals surface area contributed by atoms with Gasteiger partial charge in [0, 0.05) is 29.1 Å². The Morgan fingerprint density at radius 3 is 2.57 bits per heavy atom. The molecule has 3 fully saturated rings. The predicted molar refractivity (Wildman–Crippen MR) is 149 cm³/mol. The highest BCUT2D eigenvalue weighted by atomic mass is 32.1. The lowest BCUT2D eigenvalue weighted by molar-refractivity contribution is -0.274. The smallest absolute Gasteiger partial charge is 0.478 e. The van der Waals surface area contributed by atoms with E-state index >= 15 is 0 Å². The molecular weight excluding hydrogens is 571 g/mol. The normalized spacial score (nSPS) is 22.2. The standard InChI is InChI=1S/C30H28F3N3O5S/c1-15-10-17(28(37)38)11-24-25(15)34-29(42-24)36-18-8-9-19(36)13-20(12-18)39-14-22-26(35-41-27(22)16-6-7-16)21-4-2-3-5-23(21)40-30(31,32)33/h2-5,10-11,16,18-20H,6-9,12-14H2,1H3,(H,37,38)/t18-,19+,20?. The zero-order chi connectivity index (χ0) is 29.2. The van der Waals surface area contributed by atoms with E-state index in [1.54, 1.807) is 24.3 Å². The van der Waals surface area contributed by atoms with E-state index in [2.05, 4.69) is 14.8 Å². The molecule has 1 unspecified atom stereocenters. The summed E-state index contributed by atoms with van der Waals surface area (Å²) in [7, 11) is 0. The number of fused-ring (bicyclic) bond motifs is 3. The van der Waals surface area contributed by atoms with Crippen molar-refractivity contribution in [3.63, 3.8) is 0 Å². The van der Waals surface area contributed by atoms with E-state index in [1.165, 1.54) is 23.5 Å². The van der Waals surface area contributed by atoms with Gasteiger partial charge in [0.1, 0.15) is 17.2 Å². The van der Waals surface area contributed by atoms with Gasteiger partial charge in [-0.1, -0.05) is 28.6 Å². The number of nitrogens with zero attached hydrogens (tertiary/aromatic N) is 3. The quantitative estimate of drug-likeness (QED) is 0.223. The molecule has 1 aliphatic carbocycles. The molecule has 0 spiro atoms. The number of benzene rings is 2. The van der Waals surface area contributed by atoms with Gasteiger partial charge in [-0.05, 0) is 75.3 Å². The van der Waals surface area contributed by atoms with E-state index in [9.17, 15) is 23.1 Å². The molecule has 2 aromatic carbocycles. The van der Waals surface area contributed by atoms with Crippen molar-refractivity contribution >= 4 is 32.7 Å². The molecule has 2 aromatic heterocycles. The van der Waals surface area contributed by atoms with Crippen LogP contribution in [0.1, 0.15) is 71.7 Å². The first-order valence-corrected chi connectivity index (χ1v) is 14.8. The highest BCUT2D eigenvalue weighted by molar-refractivity contribution is 7.22. The van der Waals surface area contributed by atoms with Gasteiger partial charge in [0.15, 0.2) is 5.13 Å². The highest BCUT2D eigenvalue weighted by Crippen LogP contribution is 2.47. The third kappa shape index (κ3) is 5.11. The number of ether oxygens (including phenoxy) is 2. The number of halogens is 3. The van der Waals surface area contributed by atoms with Crippen molar-refractivity contribution in [1.29, 1.82) is 0 Å². The Morgan fingerprint density at radius 2 is 1.88 bits per heavy atom. The average molecular weight is 600 g/mol. The minimum absolute atomic E-state index is 0.0371. The highest BCUT2D eigenvalue weighted by Gasteiger charge is 2.43. The number of piperidine rings is 1. The first-order valence-electron chi connectivity index (χ1n) is 14.0. The number of hydrogen-bond acceptors (Lipinski definition) is 8. The summed E-state index contributed by atoms with van der Waals surface area (Å²) in [5.41, 5.74) is 3.16. The number of para-hydroxylation sites is 1. The zero-order valence-electron chi connectivity index (χ0n) is 22.7. The zero-order valence-corrected chi connectivity index (χ0v) is 23.5. The second kappa shape index (κ2) is 10.3. The summed E-state index contributed by atoms with van der Waals surface area (Å²) < 4.78 is 56.6. The molecular formula is C30H28F3N3O5S. The third-order valence-electron chi connectivity index (χ3n) is 8.43. The summed E-state index contributed by atoms with van der Waals surface area (Å²) in [6.45, 7) is 2.07. The van der Waals surface area contributed by atoms with Crippen LogP contribution in [0.15, 0.2) is 40.9 Å². The molecule has 0 amide bonds. The largest absolute Gasteiger partial charge is 0.573 e. The average Bonchev–Trinajstić information content (AvgIpc) is 3.45. The molecule has 0 radical (unpaired) electrons. The van der Waals surface area contributed by atoms with E-state index < -0.39 is 12.3 Å². The molecule has 2 bridgehead atoms. The SMILES string of the molecule is Cc1cc(C(=O)O)cc2sc(N3[C@@H]4CC[C@H]3CC(OCc3c(-c5ccccc5OC(F)(F)F)noc3C3CC3)C4)nc12. The van der Waals surface area contributed by atoms with Crippen molar-refractivity contribution in [2.75, 3.05) is 4.90 Å². The van der Waals surface area contributed by atoms with Crippen LogP contribution in [0.5, 0.6) is 5.75 Å². The maximum absolute atomic E-state index is 13.1. The van der Waals surface area contributed by atoms with Crippen molar-refractivity contribution < 1.29 is 37.1 Å². The van der Waals surface area contributed by atoms with Crippen LogP contribution in [0.3, 0.4) is 0 Å². The van der Waals surface area contributed by atoms with Gasteiger partial charge in [-0.15, -0.1) is 13.2 Å². The van der Waals surface area contributed by atoms with Gasteiger partial charge in [-0.3, -0.25) is 0 Å². The second-order valence-corrected chi connectivity index (χ2v) is 12.3. The number of rotatable bonds is 8. The van der Waals surface area contributed by atoms with Crippen LogP contribution in [0, 0.1) is 6.92 Å². The number of aromatic nitrogens is 2. The number of anilines is 1. The van der Waals surface area contributed by atoms with Crippen LogP contribution in [-0.4, -0.2) is 45.8 Å². The summed E-state index contributed by atoms with van der Waals surface area (Å²) in [6.07, 6.45) is 0.620. The fourth-order valence-electron chi connectivity index (χ4n) is 6.41. The summed E-state index contributed by atoms with van der Waals surface area (Å²) in [5, 5.41) is 14.5. The first-order chi connectivity index (χ1) is 20.1. The van der Waals surface area contributed by atoms with Gasteiger partial charge in [0.25, 0.3) is 0 Å². The molecule has 3 atom stereocenters. The van der Waals surface area contributed by atoms with Gasteiger partial charge < -0.3 is 24.0 Å². The molecule has 2 aliphatic heterocycles. The van der Waals surface area contributed by atoms with E-state index in [1.807, 2.05) is 6.92 Å². The Kier molecular flexibility index (Phi) is 6.65. The van der Waals surface area contributed by atoms with Gasteiger partial charge in [0.2, 0.25) is 0 Å². The predicted octanol–water partition coefficient (Wildman–Crippen LogP) is 7.45. The Balaban J connectivity index is 1.10. The molecule has 8 nitrogen and oxygen atoms in total. The molecule has 42 heavy (non-hydrogen) atoms. The van der Waals surface area contributed by atoms with Crippen molar-refractivity contribution in [3.05, 3.63) is 58.8 Å². The minimum Gasteiger partial charge on any atom is -0.478 e. The van der Waals surface area contributed by atoms with E-state index in [4.69, 9.17) is 14.2 Å². The van der Waals surface area contributed by atoms with E-state index in [-0.39, 0.29) is 47.6 Å². The lowest BCUT2D eigenvalue weighted by Crippen LogP contribution is -2.45. The molecule has 3 aliphatic rings. The number of aryl methyl sites for hydroxylation is 1. The fourth-order valence-corrected chi connectivity index (χ4v) is 7.64. The summed E-state index contributed by atoms with van der Waals surface area (Å²) in [5.74, 6) is -0.402. The summed E-state index contributed by atoms with van der Waals surface area (Å²) in [4.78, 5) is 18.8. The van der Waals surface area contributed by atoms with Gasteiger partial charge in [0.05, 0.1) is 28.5 Å². The summed E-state index contributed by atoms with van der Waals surface area (Å²) in [6, 6.07) is 9.78. The topological polar surface area (TPSA) is 97.9 Å². The van der Waals surface area contributed by atoms with Crippen molar-refractivity contribution in [2.45, 2.75) is 82.5 Å². The Labute approximate surface area is 243 Å². The van der Waals surface area contributed by atoms with Crippen molar-refractivity contribution in [2.24, 2.45) is 0 Å². The van der Waals surface area contributed by atoms with Crippen LogP contribution in [-0.2, 0) is 11.3 Å². The molecule has 220 valence electrons. The number of alkyl halides is 3. The number of hydrogen-bond donors (Lipinski definition) is 1. The number of carboxylic acid groups (broad SMARTS) is 1. The lowest BCUT2D eigenvalue weighted by Gasteiger charge is -2.38. The maximum Gasteiger partial charge on any atom is 0.573 e. The van der Waals surface area contributed by atoms with E-state index in [0.29, 0.717) is 17.0 Å². The summed E-state index contributed by atoms with van der Waals surface area (Å²) >= 11 is 1.52. The molecule has 4 heterocycles. The molecule has 12 heteroatoms. The van der Waals surface area contributed by atoms with Crippen molar-refractivity contribution in [1.82, 2.24) is 10.1 Å². The Bertz CT molecular complexity index is 1650. The third-order valence-corrected chi connectivity index (χ3v) is 9.45. The van der Waals surface area contributed by atoms with Gasteiger partial charge >= 0.3 is 12.3 Å². The lowest BCUT2D eigenvalue weighted by atomic mass is 10.00. The molecule has 4 aromatic rings. The molecule has 2 saturated heterocycles. The second-order valence-electron chi connectivity index (χ2n) is 11.3. The number of thiazole rings is 1. The van der Waals surface area contributed by atoms with Gasteiger partial charge in [-0.25, -0.2) is 9.78 Å². The minimum atomic E-state index is -4.83. The van der Waals surface area contributed by atoms with Crippen LogP contribution >= 0.6 is 11.3 Å². The Morgan fingerprint density at radius 1 is 1.14 bits per heavy atom. The molecule has 7 rings (SSSR count). The van der Waals surface area contributed by atoms with Gasteiger partial charge in [-0.2, -0.15) is 0 Å². The number of carbonyl (C=O) groups is 1. The maximum atomic E-state index is 13.1. The Hall–Kier alpha value is -3.64. The van der Waals surface area contributed by atoms with Crippen LogP contribution in [0.4, 0.5) is 18.3 Å². The van der Waals surface area contributed by atoms with Crippen molar-refractivity contribution in [3.8, 4) is 17.0 Å². The van der Waals surface area contributed by atoms with Crippen LogP contribution in [0.25, 0.3) is 21.5 Å².